The third-order valence-corrected chi connectivity index (χ3v) is 10.2. The Morgan fingerprint density at radius 2 is 1.82 bits per heavy atom. The number of anilines is 1. The van der Waals surface area contributed by atoms with Gasteiger partial charge in [-0.3, -0.25) is 4.79 Å². The fourth-order valence-corrected chi connectivity index (χ4v) is 9.32. The van der Waals surface area contributed by atoms with Gasteiger partial charge in [0.1, 0.15) is 0 Å². The van der Waals surface area contributed by atoms with E-state index in [2.05, 4.69) is 20.9 Å². The molecule has 3 aliphatic rings. The maximum atomic E-state index is 12.8. The zero-order valence-electron chi connectivity index (χ0n) is 19.1. The average Bonchev–Trinajstić information content (AvgIpc) is 3.44. The topological polar surface area (TPSA) is 85.3 Å². The van der Waals surface area contributed by atoms with Crippen LogP contribution in [-0.2, 0) is 14.6 Å². The smallest absolute Gasteiger partial charge is 0.248 e. The Bertz CT molecular complexity index is 1020. The highest BCUT2D eigenvalue weighted by molar-refractivity contribution is 9.10. The summed E-state index contributed by atoms with van der Waals surface area (Å²) in [7, 11) is -3.14. The Morgan fingerprint density at radius 3 is 2.48 bits per heavy atom. The summed E-state index contributed by atoms with van der Waals surface area (Å²) in [6, 6.07) is 3.42. The van der Waals surface area contributed by atoms with Crippen molar-refractivity contribution in [3.63, 3.8) is 0 Å². The first-order valence-corrected chi connectivity index (χ1v) is 15.2. The maximum Gasteiger partial charge on any atom is 0.248 e. The van der Waals surface area contributed by atoms with Crippen LogP contribution in [0.2, 0.25) is 0 Å². The Labute approximate surface area is 208 Å². The number of carbonyl (C=O) groups is 1. The second kappa shape index (κ2) is 10.6. The molecule has 0 bridgehead atoms. The lowest BCUT2D eigenvalue weighted by Crippen LogP contribution is -2.38. The summed E-state index contributed by atoms with van der Waals surface area (Å²) in [6.07, 6.45) is 6.22. The van der Waals surface area contributed by atoms with Gasteiger partial charge in [-0.2, -0.15) is 4.99 Å². The van der Waals surface area contributed by atoms with E-state index in [-0.39, 0.29) is 28.7 Å². The van der Waals surface area contributed by atoms with Gasteiger partial charge in [-0.15, -0.1) is 0 Å². The molecule has 10 heteroatoms. The van der Waals surface area contributed by atoms with Crippen molar-refractivity contribution >= 4 is 54.3 Å². The van der Waals surface area contributed by atoms with Gasteiger partial charge in [0.05, 0.1) is 36.4 Å². The average molecular weight is 560 g/mol. The molecule has 0 N–H and O–H groups in total. The number of benzene rings is 1. The third kappa shape index (κ3) is 5.70. The molecule has 1 aromatic rings. The largest absolute Gasteiger partial charge is 0.490 e. The lowest BCUT2D eigenvalue weighted by molar-refractivity contribution is -0.118. The number of rotatable bonds is 8. The molecule has 0 spiro atoms. The lowest BCUT2D eigenvalue weighted by atomic mass is 10.0. The van der Waals surface area contributed by atoms with Gasteiger partial charge in [0.15, 0.2) is 26.5 Å². The molecular formula is C23H31BrN2O5S2. The van der Waals surface area contributed by atoms with Gasteiger partial charge in [0, 0.05) is 28.3 Å². The first-order chi connectivity index (χ1) is 15.8. The van der Waals surface area contributed by atoms with Crippen molar-refractivity contribution in [1.29, 1.82) is 0 Å². The van der Waals surface area contributed by atoms with Gasteiger partial charge < -0.3 is 14.4 Å². The summed E-state index contributed by atoms with van der Waals surface area (Å²) >= 11 is 5.03. The predicted molar refractivity (Wildman–Crippen MR) is 136 cm³/mol. The highest BCUT2D eigenvalue weighted by Crippen LogP contribution is 2.46. The Kier molecular flexibility index (Phi) is 7.95. The van der Waals surface area contributed by atoms with Crippen molar-refractivity contribution in [1.82, 2.24) is 0 Å². The molecule has 2 heterocycles. The molecule has 0 radical (unpaired) electrons. The molecule has 182 valence electrons. The van der Waals surface area contributed by atoms with Crippen LogP contribution in [-0.4, -0.2) is 55.5 Å². The van der Waals surface area contributed by atoms with Crippen LogP contribution in [0.15, 0.2) is 21.6 Å². The Hall–Kier alpha value is -1.26. The minimum atomic E-state index is -3.14. The number of sulfone groups is 1. The van der Waals surface area contributed by atoms with E-state index < -0.39 is 9.84 Å². The van der Waals surface area contributed by atoms with Crippen LogP contribution in [0.25, 0.3) is 0 Å². The predicted octanol–water partition coefficient (Wildman–Crippen LogP) is 4.82. The molecule has 1 aromatic carbocycles. The fourth-order valence-electron chi connectivity index (χ4n) is 4.88. The number of amidine groups is 1. The molecule has 2 saturated heterocycles. The number of fused-ring (bicyclic) bond motifs is 1. The Morgan fingerprint density at radius 1 is 1.15 bits per heavy atom. The van der Waals surface area contributed by atoms with E-state index in [1.165, 1.54) is 37.4 Å². The fraction of sp³-hybridized carbons (Fsp3) is 0.652. The van der Waals surface area contributed by atoms with E-state index in [0.29, 0.717) is 42.2 Å². The van der Waals surface area contributed by atoms with E-state index >= 15 is 0 Å². The van der Waals surface area contributed by atoms with Gasteiger partial charge in [-0.1, -0.05) is 37.4 Å². The van der Waals surface area contributed by atoms with Crippen LogP contribution in [0.3, 0.4) is 0 Å². The van der Waals surface area contributed by atoms with Gasteiger partial charge in [-0.05, 0) is 42.1 Å². The standard InChI is InChI=1S/C23H31BrN2O5S2/c1-3-30-19-11-16(24)17(12-20(19)31-4-2)26-18-13-33(28,29)14-21(18)32-23(26)25-22(27)10-9-15-7-5-6-8-15/h11-12,15,18,21H,3-10,13-14H2,1-2H3/t18-,21+/m0/s1. The van der Waals surface area contributed by atoms with Crippen LogP contribution in [0.5, 0.6) is 11.5 Å². The number of carbonyl (C=O) groups excluding carboxylic acids is 1. The quantitative estimate of drug-likeness (QED) is 0.452. The molecule has 3 fully saturated rings. The number of aliphatic imine (C=N–C) groups is 1. The van der Waals surface area contributed by atoms with Crippen LogP contribution < -0.4 is 14.4 Å². The van der Waals surface area contributed by atoms with Crippen molar-refractivity contribution in [3.05, 3.63) is 16.6 Å². The summed E-state index contributed by atoms with van der Waals surface area (Å²) in [5.41, 5.74) is 0.737. The second-order valence-corrected chi connectivity index (χ2v) is 13.0. The maximum absolute atomic E-state index is 12.8. The highest BCUT2D eigenvalue weighted by Gasteiger charge is 2.50. The minimum Gasteiger partial charge on any atom is -0.490 e. The molecule has 4 rings (SSSR count). The second-order valence-electron chi connectivity index (χ2n) is 8.76. The highest BCUT2D eigenvalue weighted by atomic mass is 79.9. The van der Waals surface area contributed by atoms with Crippen molar-refractivity contribution in [2.45, 2.75) is 63.7 Å². The van der Waals surface area contributed by atoms with Gasteiger partial charge in [0.2, 0.25) is 5.91 Å². The molecule has 7 nitrogen and oxygen atoms in total. The van der Waals surface area contributed by atoms with Crippen LogP contribution >= 0.6 is 27.7 Å². The number of nitrogens with zero attached hydrogens (tertiary/aromatic N) is 2. The number of hydrogen-bond acceptors (Lipinski definition) is 6. The van der Waals surface area contributed by atoms with E-state index in [0.717, 1.165) is 16.6 Å². The molecule has 2 aliphatic heterocycles. The van der Waals surface area contributed by atoms with E-state index in [4.69, 9.17) is 9.47 Å². The molecular weight excluding hydrogens is 528 g/mol. The first kappa shape index (κ1) is 24.9. The van der Waals surface area contributed by atoms with Gasteiger partial charge >= 0.3 is 0 Å². The molecule has 0 unspecified atom stereocenters. The molecule has 1 aliphatic carbocycles. The molecule has 1 amide bonds. The monoisotopic (exact) mass is 558 g/mol. The first-order valence-electron chi connectivity index (χ1n) is 11.7. The Balaban J connectivity index is 1.65. The van der Waals surface area contributed by atoms with E-state index in [1.807, 2.05) is 30.9 Å². The molecule has 0 aromatic heterocycles. The van der Waals surface area contributed by atoms with Crippen molar-refractivity contribution < 1.29 is 22.7 Å². The molecule has 33 heavy (non-hydrogen) atoms. The number of ether oxygens (including phenoxy) is 2. The van der Waals surface area contributed by atoms with E-state index in [1.54, 1.807) is 0 Å². The minimum absolute atomic E-state index is 0.0452. The number of halogens is 1. The molecule has 2 atom stereocenters. The number of amides is 1. The van der Waals surface area contributed by atoms with Gasteiger partial charge in [0.25, 0.3) is 0 Å². The SMILES string of the molecule is CCOc1cc(Br)c(N2C(=NC(=O)CCC3CCCC3)S[C@@H]3CS(=O)(=O)C[C@@H]32)cc1OCC. The van der Waals surface area contributed by atoms with Crippen molar-refractivity contribution in [2.75, 3.05) is 29.6 Å². The summed E-state index contributed by atoms with van der Waals surface area (Å²) in [6.45, 7) is 4.77. The summed E-state index contributed by atoms with van der Waals surface area (Å²) in [5.74, 6) is 1.83. The third-order valence-electron chi connectivity index (χ3n) is 6.40. The zero-order valence-corrected chi connectivity index (χ0v) is 22.3. The van der Waals surface area contributed by atoms with Crippen LogP contribution in [0, 0.1) is 5.92 Å². The van der Waals surface area contributed by atoms with Gasteiger partial charge in [-0.25, -0.2) is 8.42 Å². The summed E-state index contributed by atoms with van der Waals surface area (Å²) < 4.78 is 37.0. The summed E-state index contributed by atoms with van der Waals surface area (Å²) in [5, 5.41) is 0.425. The number of hydrogen-bond donors (Lipinski definition) is 0. The van der Waals surface area contributed by atoms with Crippen molar-refractivity contribution in [3.8, 4) is 11.5 Å². The van der Waals surface area contributed by atoms with Crippen LogP contribution in [0.1, 0.15) is 52.4 Å². The lowest BCUT2D eigenvalue weighted by Gasteiger charge is -2.27. The van der Waals surface area contributed by atoms with Crippen LogP contribution in [0.4, 0.5) is 5.69 Å². The normalized spacial score (nSPS) is 25.5. The molecule has 1 saturated carbocycles. The summed E-state index contributed by atoms with van der Waals surface area (Å²) in [4.78, 5) is 19.2. The number of thioether (sulfide) groups is 1. The zero-order chi connectivity index (χ0) is 23.6. The van der Waals surface area contributed by atoms with E-state index in [9.17, 15) is 13.2 Å². The van der Waals surface area contributed by atoms with Crippen molar-refractivity contribution in [2.24, 2.45) is 10.9 Å².